The van der Waals surface area contributed by atoms with Crippen LogP contribution in [0.15, 0.2) is 24.4 Å². The Morgan fingerprint density at radius 1 is 1.12 bits per heavy atom. The van der Waals surface area contributed by atoms with Gasteiger partial charge in [-0.15, -0.1) is 0 Å². The van der Waals surface area contributed by atoms with Crippen molar-refractivity contribution in [3.05, 3.63) is 30.1 Å². The molecule has 3 heterocycles. The van der Waals surface area contributed by atoms with Crippen LogP contribution in [0.3, 0.4) is 0 Å². The standard InChI is InChI=1S/C20H28N4O2/c25-19-13-16(14-24(19)18-6-1-2-7-18)20(26)23-11-9-22(10-12-23)15-17-5-3-4-8-21-17/h3-5,8,16,18H,1-2,6-7,9-15H2/t16-/m1/s1. The van der Waals surface area contributed by atoms with E-state index in [1.54, 1.807) is 0 Å². The van der Waals surface area contributed by atoms with E-state index >= 15 is 0 Å². The number of pyridine rings is 1. The van der Waals surface area contributed by atoms with E-state index in [0.29, 0.717) is 19.0 Å². The Morgan fingerprint density at radius 3 is 2.58 bits per heavy atom. The highest BCUT2D eigenvalue weighted by atomic mass is 16.2. The van der Waals surface area contributed by atoms with Crippen molar-refractivity contribution in [2.24, 2.45) is 5.92 Å². The minimum atomic E-state index is -0.134. The zero-order valence-corrected chi connectivity index (χ0v) is 15.3. The number of likely N-dealkylation sites (tertiary alicyclic amines) is 1. The van der Waals surface area contributed by atoms with Crippen LogP contribution in [0, 0.1) is 5.92 Å². The molecular formula is C20H28N4O2. The number of nitrogens with zero attached hydrogens (tertiary/aromatic N) is 4. The van der Waals surface area contributed by atoms with Gasteiger partial charge < -0.3 is 9.80 Å². The van der Waals surface area contributed by atoms with Crippen molar-refractivity contribution < 1.29 is 9.59 Å². The molecule has 1 aromatic rings. The third kappa shape index (κ3) is 3.75. The van der Waals surface area contributed by atoms with Gasteiger partial charge in [-0.3, -0.25) is 19.5 Å². The quantitative estimate of drug-likeness (QED) is 0.821. The summed E-state index contributed by atoms with van der Waals surface area (Å²) in [5, 5.41) is 0. The summed E-state index contributed by atoms with van der Waals surface area (Å²) in [5.41, 5.74) is 1.07. The highest BCUT2D eigenvalue weighted by molar-refractivity contribution is 5.89. The molecule has 3 aliphatic rings. The summed E-state index contributed by atoms with van der Waals surface area (Å²) in [6, 6.07) is 6.36. The molecule has 1 atom stereocenters. The van der Waals surface area contributed by atoms with Crippen molar-refractivity contribution in [1.82, 2.24) is 19.7 Å². The number of rotatable bonds is 4. The highest BCUT2D eigenvalue weighted by Gasteiger charge is 2.40. The molecular weight excluding hydrogens is 328 g/mol. The number of piperazine rings is 1. The first kappa shape index (κ1) is 17.5. The molecule has 26 heavy (non-hydrogen) atoms. The van der Waals surface area contributed by atoms with Gasteiger partial charge in [0.25, 0.3) is 0 Å². The molecule has 0 radical (unpaired) electrons. The van der Waals surface area contributed by atoms with E-state index in [1.807, 2.05) is 34.2 Å². The van der Waals surface area contributed by atoms with Gasteiger partial charge in [0.2, 0.25) is 11.8 Å². The first-order valence-corrected chi connectivity index (χ1v) is 9.91. The molecule has 0 N–H and O–H groups in total. The maximum absolute atomic E-state index is 12.9. The molecule has 3 fully saturated rings. The maximum Gasteiger partial charge on any atom is 0.228 e. The van der Waals surface area contributed by atoms with E-state index in [0.717, 1.165) is 51.3 Å². The summed E-state index contributed by atoms with van der Waals surface area (Å²) >= 11 is 0. The molecule has 2 aliphatic heterocycles. The summed E-state index contributed by atoms with van der Waals surface area (Å²) in [5.74, 6) is 0.228. The van der Waals surface area contributed by atoms with Crippen LogP contribution in [-0.2, 0) is 16.1 Å². The largest absolute Gasteiger partial charge is 0.340 e. The van der Waals surface area contributed by atoms with Crippen LogP contribution in [0.4, 0.5) is 0 Å². The fourth-order valence-electron chi connectivity index (χ4n) is 4.57. The summed E-state index contributed by atoms with van der Waals surface area (Å²) in [4.78, 5) is 35.9. The molecule has 4 rings (SSSR count). The Bertz CT molecular complexity index is 636. The molecule has 0 unspecified atom stereocenters. The van der Waals surface area contributed by atoms with Crippen LogP contribution in [0.5, 0.6) is 0 Å². The zero-order chi connectivity index (χ0) is 17.9. The van der Waals surface area contributed by atoms with Gasteiger partial charge in [-0.1, -0.05) is 18.9 Å². The second-order valence-corrected chi connectivity index (χ2v) is 7.81. The monoisotopic (exact) mass is 356 g/mol. The first-order chi connectivity index (χ1) is 12.7. The van der Waals surface area contributed by atoms with Crippen molar-refractivity contribution in [3.63, 3.8) is 0 Å². The smallest absolute Gasteiger partial charge is 0.228 e. The normalized spacial score (nSPS) is 25.2. The van der Waals surface area contributed by atoms with Crippen LogP contribution < -0.4 is 0 Å². The average molecular weight is 356 g/mol. The third-order valence-corrected chi connectivity index (χ3v) is 6.07. The minimum absolute atomic E-state index is 0.134. The number of carbonyl (C=O) groups excluding carboxylic acids is 2. The minimum Gasteiger partial charge on any atom is -0.340 e. The van der Waals surface area contributed by atoms with E-state index in [2.05, 4.69) is 9.88 Å². The lowest BCUT2D eigenvalue weighted by Gasteiger charge is -2.35. The molecule has 6 nitrogen and oxygen atoms in total. The topological polar surface area (TPSA) is 56.8 Å². The fourth-order valence-corrected chi connectivity index (χ4v) is 4.57. The fraction of sp³-hybridized carbons (Fsp3) is 0.650. The van der Waals surface area contributed by atoms with Gasteiger partial charge in [0.05, 0.1) is 11.6 Å². The van der Waals surface area contributed by atoms with Crippen molar-refractivity contribution >= 4 is 11.8 Å². The molecule has 0 bridgehead atoms. The Hall–Kier alpha value is -1.95. The van der Waals surface area contributed by atoms with Crippen molar-refractivity contribution in [2.45, 2.75) is 44.7 Å². The van der Waals surface area contributed by atoms with Crippen LogP contribution >= 0.6 is 0 Å². The Kier molecular flexibility index (Phi) is 5.20. The Labute approximate surface area is 155 Å². The molecule has 2 amide bonds. The highest BCUT2D eigenvalue weighted by Crippen LogP contribution is 2.30. The molecule has 0 spiro atoms. The predicted octanol–water partition coefficient (Wildman–Crippen LogP) is 1.52. The summed E-state index contributed by atoms with van der Waals surface area (Å²) < 4.78 is 0. The Balaban J connectivity index is 1.28. The maximum atomic E-state index is 12.9. The van der Waals surface area contributed by atoms with Crippen LogP contribution in [0.1, 0.15) is 37.8 Å². The lowest BCUT2D eigenvalue weighted by molar-refractivity contribution is -0.137. The van der Waals surface area contributed by atoms with E-state index in [1.165, 1.54) is 12.8 Å². The van der Waals surface area contributed by atoms with E-state index in [4.69, 9.17) is 0 Å². The second kappa shape index (κ2) is 7.74. The van der Waals surface area contributed by atoms with Gasteiger partial charge in [0.1, 0.15) is 0 Å². The van der Waals surface area contributed by atoms with Gasteiger partial charge in [-0.2, -0.15) is 0 Å². The third-order valence-electron chi connectivity index (χ3n) is 6.07. The molecule has 6 heteroatoms. The molecule has 0 aromatic carbocycles. The van der Waals surface area contributed by atoms with Crippen LogP contribution in [0.2, 0.25) is 0 Å². The molecule has 140 valence electrons. The lowest BCUT2D eigenvalue weighted by atomic mass is 10.1. The predicted molar refractivity (Wildman–Crippen MR) is 98.2 cm³/mol. The summed E-state index contributed by atoms with van der Waals surface area (Å²) in [6.07, 6.45) is 6.88. The van der Waals surface area contributed by atoms with E-state index < -0.39 is 0 Å². The zero-order valence-electron chi connectivity index (χ0n) is 15.3. The molecule has 1 saturated carbocycles. The van der Waals surface area contributed by atoms with Gasteiger partial charge in [-0.05, 0) is 25.0 Å². The molecule has 2 saturated heterocycles. The molecule has 1 aliphatic carbocycles. The van der Waals surface area contributed by atoms with Gasteiger partial charge in [-0.25, -0.2) is 0 Å². The first-order valence-electron chi connectivity index (χ1n) is 9.91. The number of hydrogen-bond donors (Lipinski definition) is 0. The summed E-state index contributed by atoms with van der Waals surface area (Å²) in [6.45, 7) is 4.71. The number of hydrogen-bond acceptors (Lipinski definition) is 4. The van der Waals surface area contributed by atoms with Crippen molar-refractivity contribution in [1.29, 1.82) is 0 Å². The average Bonchev–Trinajstić information content (AvgIpc) is 3.32. The van der Waals surface area contributed by atoms with Gasteiger partial charge in [0.15, 0.2) is 0 Å². The molecule has 1 aromatic heterocycles. The lowest BCUT2D eigenvalue weighted by Crippen LogP contribution is -2.50. The van der Waals surface area contributed by atoms with E-state index in [-0.39, 0.29) is 17.7 Å². The van der Waals surface area contributed by atoms with E-state index in [9.17, 15) is 9.59 Å². The number of carbonyl (C=O) groups is 2. The SMILES string of the molecule is O=C([C@@H]1CC(=O)N(C2CCCC2)C1)N1CCN(Cc2ccccn2)CC1. The van der Waals surface area contributed by atoms with Crippen molar-refractivity contribution in [3.8, 4) is 0 Å². The van der Waals surface area contributed by atoms with Crippen LogP contribution in [0.25, 0.3) is 0 Å². The second-order valence-electron chi connectivity index (χ2n) is 7.81. The van der Waals surface area contributed by atoms with Gasteiger partial charge in [0, 0.05) is 57.9 Å². The van der Waals surface area contributed by atoms with Gasteiger partial charge >= 0.3 is 0 Å². The Morgan fingerprint density at radius 2 is 1.88 bits per heavy atom. The number of amides is 2. The van der Waals surface area contributed by atoms with Crippen molar-refractivity contribution in [2.75, 3.05) is 32.7 Å². The van der Waals surface area contributed by atoms with Crippen LogP contribution in [-0.4, -0.2) is 70.3 Å². The summed E-state index contributed by atoms with van der Waals surface area (Å²) in [7, 11) is 0. The number of aromatic nitrogens is 1.